The lowest BCUT2D eigenvalue weighted by Crippen LogP contribution is -2.40. The molecule has 21 heavy (non-hydrogen) atoms. The van der Waals surface area contributed by atoms with Gasteiger partial charge in [0.25, 0.3) is 0 Å². The van der Waals surface area contributed by atoms with E-state index in [0.29, 0.717) is 6.04 Å². The van der Waals surface area contributed by atoms with Gasteiger partial charge in [0.2, 0.25) is 0 Å². The van der Waals surface area contributed by atoms with Crippen molar-refractivity contribution >= 4 is 0 Å². The van der Waals surface area contributed by atoms with E-state index in [9.17, 15) is 4.39 Å². The molecule has 1 saturated carbocycles. The molecule has 0 aromatic heterocycles. The highest BCUT2D eigenvalue weighted by Gasteiger charge is 2.26. The Morgan fingerprint density at radius 3 is 2.57 bits per heavy atom. The molecule has 0 radical (unpaired) electrons. The minimum absolute atomic E-state index is 0.114. The topological polar surface area (TPSA) is 12.0 Å². The predicted molar refractivity (Wildman–Crippen MR) is 87.9 cm³/mol. The highest BCUT2D eigenvalue weighted by Crippen LogP contribution is 2.33. The fourth-order valence-corrected chi connectivity index (χ4v) is 3.65. The van der Waals surface area contributed by atoms with Gasteiger partial charge in [0, 0.05) is 6.04 Å². The van der Waals surface area contributed by atoms with Crippen LogP contribution in [0.1, 0.15) is 57.9 Å². The molecule has 1 aliphatic rings. The van der Waals surface area contributed by atoms with E-state index in [1.54, 1.807) is 6.07 Å². The van der Waals surface area contributed by atoms with Gasteiger partial charge in [0.15, 0.2) is 0 Å². The van der Waals surface area contributed by atoms with Gasteiger partial charge in [-0.15, -0.1) is 0 Å². The van der Waals surface area contributed by atoms with E-state index in [-0.39, 0.29) is 5.82 Å². The molecule has 1 fully saturated rings. The third kappa shape index (κ3) is 5.10. The van der Waals surface area contributed by atoms with Crippen LogP contribution in [-0.2, 0) is 6.42 Å². The van der Waals surface area contributed by atoms with Crippen LogP contribution < -0.4 is 5.32 Å². The summed E-state index contributed by atoms with van der Waals surface area (Å²) in [5.74, 6) is 1.57. The van der Waals surface area contributed by atoms with Crippen LogP contribution in [0.15, 0.2) is 24.3 Å². The van der Waals surface area contributed by atoms with Crippen molar-refractivity contribution in [2.75, 3.05) is 6.54 Å². The maximum absolute atomic E-state index is 13.4. The largest absolute Gasteiger partial charge is 0.313 e. The average molecular weight is 291 g/mol. The summed E-state index contributed by atoms with van der Waals surface area (Å²) in [6, 6.07) is 7.61. The van der Waals surface area contributed by atoms with E-state index in [2.05, 4.69) is 25.2 Å². The van der Waals surface area contributed by atoms with E-state index in [0.717, 1.165) is 36.8 Å². The lowest BCUT2D eigenvalue weighted by Gasteiger charge is -2.34. The molecule has 1 nitrogen and oxygen atoms in total. The standard InChI is InChI=1S/C19H30FN/c1-3-12-21-19(14-16-6-5-7-18(20)13-16)17-10-8-15(4-2)9-11-17/h5-7,13,15,17,19,21H,3-4,8-12,14H2,1-2H3. The predicted octanol–water partition coefficient (Wildman–Crippen LogP) is 4.95. The molecule has 2 rings (SSSR count). The number of halogens is 1. The van der Waals surface area contributed by atoms with E-state index in [1.807, 2.05) is 6.07 Å². The summed E-state index contributed by atoms with van der Waals surface area (Å²) in [6.07, 6.45) is 8.83. The lowest BCUT2D eigenvalue weighted by molar-refractivity contribution is 0.216. The SMILES string of the molecule is CCCNC(Cc1cccc(F)c1)C1CCC(CC)CC1. The van der Waals surface area contributed by atoms with E-state index >= 15 is 0 Å². The molecule has 2 heteroatoms. The minimum Gasteiger partial charge on any atom is -0.313 e. The second-order valence-corrected chi connectivity index (χ2v) is 6.58. The Balaban J connectivity index is 1.97. The van der Waals surface area contributed by atoms with Gasteiger partial charge in [0.1, 0.15) is 5.82 Å². The molecule has 0 heterocycles. The number of benzene rings is 1. The van der Waals surface area contributed by atoms with Gasteiger partial charge in [0.05, 0.1) is 0 Å². The Kier molecular flexibility index (Phi) is 6.69. The zero-order valence-corrected chi connectivity index (χ0v) is 13.6. The number of rotatable bonds is 7. The molecule has 1 aliphatic carbocycles. The summed E-state index contributed by atoms with van der Waals surface area (Å²) in [6.45, 7) is 5.58. The monoisotopic (exact) mass is 291 g/mol. The number of hydrogen-bond acceptors (Lipinski definition) is 1. The van der Waals surface area contributed by atoms with Crippen molar-refractivity contribution in [3.63, 3.8) is 0 Å². The maximum atomic E-state index is 13.4. The Morgan fingerprint density at radius 1 is 1.19 bits per heavy atom. The Morgan fingerprint density at radius 2 is 1.95 bits per heavy atom. The molecule has 0 aliphatic heterocycles. The van der Waals surface area contributed by atoms with E-state index < -0.39 is 0 Å². The highest BCUT2D eigenvalue weighted by atomic mass is 19.1. The van der Waals surface area contributed by atoms with Crippen molar-refractivity contribution in [2.24, 2.45) is 11.8 Å². The second kappa shape index (κ2) is 8.53. The summed E-state index contributed by atoms with van der Waals surface area (Å²) < 4.78 is 13.4. The van der Waals surface area contributed by atoms with E-state index in [4.69, 9.17) is 0 Å². The third-order valence-electron chi connectivity index (χ3n) is 5.04. The normalized spacial score (nSPS) is 24.0. The van der Waals surface area contributed by atoms with Gasteiger partial charge >= 0.3 is 0 Å². The average Bonchev–Trinajstić information content (AvgIpc) is 2.51. The quantitative estimate of drug-likeness (QED) is 0.749. The van der Waals surface area contributed by atoms with Gasteiger partial charge in [-0.3, -0.25) is 0 Å². The fourth-order valence-electron chi connectivity index (χ4n) is 3.65. The molecule has 0 bridgehead atoms. The third-order valence-corrected chi connectivity index (χ3v) is 5.04. The van der Waals surface area contributed by atoms with Gasteiger partial charge < -0.3 is 5.32 Å². The first-order valence-corrected chi connectivity index (χ1v) is 8.70. The first kappa shape index (κ1) is 16.5. The van der Waals surface area contributed by atoms with Gasteiger partial charge in [-0.2, -0.15) is 0 Å². The van der Waals surface area contributed by atoms with Crippen molar-refractivity contribution in [2.45, 2.75) is 64.8 Å². The van der Waals surface area contributed by atoms with E-state index in [1.165, 1.54) is 38.2 Å². The second-order valence-electron chi connectivity index (χ2n) is 6.58. The summed E-state index contributed by atoms with van der Waals surface area (Å²) in [5, 5.41) is 3.72. The zero-order valence-electron chi connectivity index (χ0n) is 13.6. The van der Waals surface area contributed by atoms with Crippen LogP contribution >= 0.6 is 0 Å². The molecule has 1 aromatic rings. The van der Waals surface area contributed by atoms with Crippen LogP contribution in [0.25, 0.3) is 0 Å². The summed E-state index contributed by atoms with van der Waals surface area (Å²) >= 11 is 0. The molecule has 1 aromatic carbocycles. The van der Waals surface area contributed by atoms with Gasteiger partial charge in [-0.25, -0.2) is 4.39 Å². The Labute approximate surface area is 129 Å². The van der Waals surface area contributed by atoms with Gasteiger partial charge in [-0.1, -0.05) is 45.2 Å². The molecule has 0 spiro atoms. The van der Waals surface area contributed by atoms with Crippen LogP contribution in [0, 0.1) is 17.7 Å². The van der Waals surface area contributed by atoms with Crippen LogP contribution in [0.2, 0.25) is 0 Å². The molecule has 0 amide bonds. The summed E-state index contributed by atoms with van der Waals surface area (Å²) in [7, 11) is 0. The van der Waals surface area contributed by atoms with Crippen molar-refractivity contribution in [1.82, 2.24) is 5.32 Å². The fraction of sp³-hybridized carbons (Fsp3) is 0.684. The van der Waals surface area contributed by atoms with Gasteiger partial charge in [-0.05, 0) is 61.8 Å². The molecular weight excluding hydrogens is 261 g/mol. The van der Waals surface area contributed by atoms with Crippen molar-refractivity contribution in [3.05, 3.63) is 35.6 Å². The van der Waals surface area contributed by atoms with Crippen LogP contribution in [0.3, 0.4) is 0 Å². The molecule has 1 atom stereocenters. The first-order valence-electron chi connectivity index (χ1n) is 8.70. The minimum atomic E-state index is -0.114. The number of hydrogen-bond donors (Lipinski definition) is 1. The van der Waals surface area contributed by atoms with Crippen molar-refractivity contribution < 1.29 is 4.39 Å². The highest BCUT2D eigenvalue weighted by molar-refractivity contribution is 5.17. The maximum Gasteiger partial charge on any atom is 0.123 e. The molecule has 0 saturated heterocycles. The van der Waals surface area contributed by atoms with Crippen LogP contribution in [0.5, 0.6) is 0 Å². The molecule has 1 unspecified atom stereocenters. The zero-order chi connectivity index (χ0) is 15.1. The Hall–Kier alpha value is -0.890. The first-order chi connectivity index (χ1) is 10.2. The number of nitrogens with one attached hydrogen (secondary N) is 1. The smallest absolute Gasteiger partial charge is 0.123 e. The molecule has 118 valence electrons. The Bertz CT molecular complexity index is 410. The van der Waals surface area contributed by atoms with Crippen LogP contribution in [-0.4, -0.2) is 12.6 Å². The summed E-state index contributed by atoms with van der Waals surface area (Å²) in [4.78, 5) is 0. The van der Waals surface area contributed by atoms with Crippen molar-refractivity contribution in [3.8, 4) is 0 Å². The molecule has 1 N–H and O–H groups in total. The molecular formula is C19H30FN. The van der Waals surface area contributed by atoms with Crippen LogP contribution in [0.4, 0.5) is 4.39 Å². The van der Waals surface area contributed by atoms with Crippen molar-refractivity contribution in [1.29, 1.82) is 0 Å². The lowest BCUT2D eigenvalue weighted by atomic mass is 9.76. The summed E-state index contributed by atoms with van der Waals surface area (Å²) in [5.41, 5.74) is 1.13.